The van der Waals surface area contributed by atoms with Crippen LogP contribution in [0.1, 0.15) is 0 Å². The van der Waals surface area contributed by atoms with Gasteiger partial charge in [-0.05, 0) is 30.4 Å². The van der Waals surface area contributed by atoms with Crippen molar-refractivity contribution in [3.63, 3.8) is 0 Å². The molecule has 1 aromatic rings. The molecule has 2 rings (SSSR count). The van der Waals surface area contributed by atoms with Crippen LogP contribution >= 0.6 is 35.4 Å². The minimum Gasteiger partial charge on any atom is -0.346 e. The summed E-state index contributed by atoms with van der Waals surface area (Å²) < 4.78 is 24.4. The molecule has 0 amide bonds. The Kier molecular flexibility index (Phi) is 5.32. The van der Waals surface area contributed by atoms with Crippen LogP contribution in [0.25, 0.3) is 0 Å². The van der Waals surface area contributed by atoms with Crippen molar-refractivity contribution < 1.29 is 8.42 Å². The van der Waals surface area contributed by atoms with Crippen molar-refractivity contribution in [3.05, 3.63) is 28.2 Å². The first-order valence-corrected chi connectivity index (χ1v) is 9.24. The highest BCUT2D eigenvalue weighted by Gasteiger charge is 2.24. The molecular formula is C12H15Cl2N3O2S2. The van der Waals surface area contributed by atoms with E-state index < -0.39 is 10.0 Å². The second kappa shape index (κ2) is 6.66. The topological polar surface area (TPSA) is 52.7 Å². The van der Waals surface area contributed by atoms with Gasteiger partial charge in [0.05, 0.1) is 6.26 Å². The van der Waals surface area contributed by atoms with Crippen molar-refractivity contribution in [2.45, 2.75) is 0 Å². The molecule has 1 aliphatic heterocycles. The standard InChI is InChI=1S/C12H15Cl2N3O2S2/c1-21(18,19)17-4-2-16(3-5-17)12(20)15-11-7-9(13)6-10(14)8-11/h6-8H,2-5H2,1H3,(H,15,20). The summed E-state index contributed by atoms with van der Waals surface area (Å²) >= 11 is 17.2. The molecule has 116 valence electrons. The molecule has 0 saturated carbocycles. The largest absolute Gasteiger partial charge is 0.346 e. The fourth-order valence-corrected chi connectivity index (χ4v) is 3.70. The third-order valence-corrected chi connectivity index (χ3v) is 5.21. The van der Waals surface area contributed by atoms with Crippen molar-refractivity contribution in [3.8, 4) is 0 Å². The lowest BCUT2D eigenvalue weighted by Crippen LogP contribution is -2.51. The number of nitrogens with one attached hydrogen (secondary N) is 1. The molecule has 1 aliphatic rings. The van der Waals surface area contributed by atoms with E-state index >= 15 is 0 Å². The number of hydrogen-bond donors (Lipinski definition) is 1. The lowest BCUT2D eigenvalue weighted by atomic mass is 10.3. The first kappa shape index (κ1) is 16.8. The number of sulfonamides is 1. The Hall–Kier alpha value is -0.600. The Morgan fingerprint density at radius 3 is 2.14 bits per heavy atom. The minimum atomic E-state index is -3.14. The number of rotatable bonds is 2. The van der Waals surface area contributed by atoms with E-state index in [1.54, 1.807) is 18.2 Å². The second-order valence-corrected chi connectivity index (χ2v) is 7.98. The minimum absolute atomic E-state index is 0.428. The van der Waals surface area contributed by atoms with Crippen molar-refractivity contribution >= 4 is 56.2 Å². The average molecular weight is 368 g/mol. The quantitative estimate of drug-likeness (QED) is 0.812. The van der Waals surface area contributed by atoms with Gasteiger partial charge >= 0.3 is 0 Å². The predicted octanol–water partition coefficient (Wildman–Crippen LogP) is 2.27. The van der Waals surface area contributed by atoms with E-state index in [0.717, 1.165) is 0 Å². The zero-order chi connectivity index (χ0) is 15.6. The molecule has 0 unspecified atom stereocenters. The highest BCUT2D eigenvalue weighted by molar-refractivity contribution is 7.88. The third kappa shape index (κ3) is 4.69. The maximum Gasteiger partial charge on any atom is 0.211 e. The Balaban J connectivity index is 1.96. The van der Waals surface area contributed by atoms with Gasteiger partial charge in [0, 0.05) is 41.9 Å². The molecule has 0 aliphatic carbocycles. The summed E-state index contributed by atoms with van der Waals surface area (Å²) in [4.78, 5) is 1.92. The van der Waals surface area contributed by atoms with Gasteiger partial charge in [-0.25, -0.2) is 8.42 Å². The number of halogens is 2. The van der Waals surface area contributed by atoms with Crippen molar-refractivity contribution in [2.75, 3.05) is 37.8 Å². The highest BCUT2D eigenvalue weighted by Crippen LogP contribution is 2.22. The van der Waals surface area contributed by atoms with Crippen LogP contribution < -0.4 is 5.32 Å². The average Bonchev–Trinajstić information content (AvgIpc) is 2.36. The first-order valence-electron chi connectivity index (χ1n) is 6.23. The van der Waals surface area contributed by atoms with Gasteiger partial charge in [0.25, 0.3) is 0 Å². The molecule has 21 heavy (non-hydrogen) atoms. The molecule has 0 aromatic heterocycles. The van der Waals surface area contributed by atoms with E-state index in [-0.39, 0.29) is 0 Å². The number of hydrogen-bond acceptors (Lipinski definition) is 3. The van der Waals surface area contributed by atoms with Crippen LogP contribution in [0.5, 0.6) is 0 Å². The maximum atomic E-state index is 11.5. The van der Waals surface area contributed by atoms with Gasteiger partial charge in [-0.3, -0.25) is 0 Å². The molecule has 1 saturated heterocycles. The second-order valence-electron chi connectivity index (χ2n) is 4.74. The summed E-state index contributed by atoms with van der Waals surface area (Å²) in [5.74, 6) is 0. The Bertz CT molecular complexity index is 624. The van der Waals surface area contributed by atoms with Crippen LogP contribution in [0, 0.1) is 0 Å². The smallest absolute Gasteiger partial charge is 0.211 e. The van der Waals surface area contributed by atoms with Gasteiger partial charge in [0.15, 0.2) is 5.11 Å². The van der Waals surface area contributed by atoms with Crippen LogP contribution in [-0.2, 0) is 10.0 Å². The van der Waals surface area contributed by atoms with E-state index in [4.69, 9.17) is 35.4 Å². The summed E-state index contributed by atoms with van der Waals surface area (Å²) in [5.41, 5.74) is 0.711. The number of nitrogens with zero attached hydrogens (tertiary/aromatic N) is 2. The van der Waals surface area contributed by atoms with Crippen LogP contribution in [0.3, 0.4) is 0 Å². The van der Waals surface area contributed by atoms with Gasteiger partial charge in [0.1, 0.15) is 0 Å². The molecule has 1 heterocycles. The van der Waals surface area contributed by atoms with E-state index in [2.05, 4.69) is 5.32 Å². The molecule has 1 fully saturated rings. The molecule has 1 aromatic carbocycles. The molecule has 0 spiro atoms. The van der Waals surface area contributed by atoms with Gasteiger partial charge in [-0.15, -0.1) is 0 Å². The van der Waals surface area contributed by atoms with Crippen LogP contribution in [0.15, 0.2) is 18.2 Å². The van der Waals surface area contributed by atoms with Crippen LogP contribution in [-0.4, -0.2) is 55.2 Å². The lowest BCUT2D eigenvalue weighted by Gasteiger charge is -2.34. The fraction of sp³-hybridized carbons (Fsp3) is 0.417. The lowest BCUT2D eigenvalue weighted by molar-refractivity contribution is 0.270. The predicted molar refractivity (Wildman–Crippen MR) is 90.7 cm³/mol. The maximum absolute atomic E-state index is 11.5. The van der Waals surface area contributed by atoms with Gasteiger partial charge < -0.3 is 10.2 Å². The van der Waals surface area contributed by atoms with Gasteiger partial charge in [0.2, 0.25) is 10.0 Å². The zero-order valence-corrected chi connectivity index (χ0v) is 14.5. The van der Waals surface area contributed by atoms with Gasteiger partial charge in [-0.2, -0.15) is 4.31 Å². The Morgan fingerprint density at radius 2 is 1.67 bits per heavy atom. The fourth-order valence-electron chi connectivity index (χ4n) is 2.05. The number of piperazine rings is 1. The summed E-state index contributed by atoms with van der Waals surface area (Å²) in [5, 5.41) is 4.64. The Labute approximate surface area is 139 Å². The van der Waals surface area contributed by atoms with E-state index in [1.165, 1.54) is 10.6 Å². The van der Waals surface area contributed by atoms with Crippen molar-refractivity contribution in [1.82, 2.24) is 9.21 Å². The van der Waals surface area contributed by atoms with E-state index in [9.17, 15) is 8.42 Å². The van der Waals surface area contributed by atoms with E-state index in [0.29, 0.717) is 47.0 Å². The Morgan fingerprint density at radius 1 is 1.14 bits per heavy atom. The molecule has 0 radical (unpaired) electrons. The number of thiocarbonyl (C=S) groups is 1. The molecule has 0 bridgehead atoms. The van der Waals surface area contributed by atoms with Crippen LogP contribution in [0.2, 0.25) is 10.0 Å². The van der Waals surface area contributed by atoms with E-state index in [1.807, 2.05) is 4.90 Å². The number of anilines is 1. The molecule has 5 nitrogen and oxygen atoms in total. The van der Waals surface area contributed by atoms with Crippen molar-refractivity contribution in [1.29, 1.82) is 0 Å². The third-order valence-electron chi connectivity index (χ3n) is 3.11. The van der Waals surface area contributed by atoms with Crippen LogP contribution in [0.4, 0.5) is 5.69 Å². The normalized spacial score (nSPS) is 16.8. The van der Waals surface area contributed by atoms with Crippen molar-refractivity contribution in [2.24, 2.45) is 0 Å². The molecule has 9 heteroatoms. The molecular weight excluding hydrogens is 353 g/mol. The molecule has 1 N–H and O–H groups in total. The summed E-state index contributed by atoms with van der Waals surface area (Å²) in [7, 11) is -3.14. The highest BCUT2D eigenvalue weighted by atomic mass is 35.5. The summed E-state index contributed by atoms with van der Waals surface area (Å²) in [6, 6.07) is 5.10. The van der Waals surface area contributed by atoms with Gasteiger partial charge in [-0.1, -0.05) is 23.2 Å². The summed E-state index contributed by atoms with van der Waals surface area (Å²) in [6.07, 6.45) is 1.22. The summed E-state index contributed by atoms with van der Waals surface area (Å²) in [6.45, 7) is 1.95. The first-order chi connectivity index (χ1) is 9.75. The molecule has 0 atom stereocenters. The monoisotopic (exact) mass is 367 g/mol. The number of benzene rings is 1. The SMILES string of the molecule is CS(=O)(=O)N1CCN(C(=S)Nc2cc(Cl)cc(Cl)c2)CC1. The zero-order valence-electron chi connectivity index (χ0n) is 11.3.